The maximum atomic E-state index is 11.9. The first-order valence-corrected chi connectivity index (χ1v) is 7.08. The summed E-state index contributed by atoms with van der Waals surface area (Å²) in [6, 6.07) is 3.68. The van der Waals surface area contributed by atoms with Gasteiger partial charge in [0.25, 0.3) is 5.56 Å². The van der Waals surface area contributed by atoms with Crippen LogP contribution in [0.15, 0.2) is 23.1 Å². The van der Waals surface area contributed by atoms with Crippen LogP contribution in [0.3, 0.4) is 0 Å². The van der Waals surface area contributed by atoms with Crippen LogP contribution in [0.2, 0.25) is 0 Å². The van der Waals surface area contributed by atoms with E-state index in [1.54, 1.807) is 6.07 Å². The standard InChI is InChI=1S/C13H18BrNO2/c1-11-2-5-15(12(16)8-11)10-13(9-14)3-6-17-7-4-13/h2,5,8H,3-4,6-7,9-10H2,1H3. The molecule has 0 bridgehead atoms. The minimum Gasteiger partial charge on any atom is -0.381 e. The van der Waals surface area contributed by atoms with Crippen LogP contribution in [0.5, 0.6) is 0 Å². The molecule has 0 saturated carbocycles. The molecule has 0 aromatic carbocycles. The summed E-state index contributed by atoms with van der Waals surface area (Å²) in [4.78, 5) is 11.9. The molecule has 2 rings (SSSR count). The first-order valence-electron chi connectivity index (χ1n) is 5.96. The minimum atomic E-state index is 0.0943. The number of aromatic nitrogens is 1. The van der Waals surface area contributed by atoms with E-state index in [2.05, 4.69) is 15.9 Å². The van der Waals surface area contributed by atoms with Crippen molar-refractivity contribution in [1.82, 2.24) is 4.57 Å². The Morgan fingerprint density at radius 2 is 2.18 bits per heavy atom. The van der Waals surface area contributed by atoms with Crippen molar-refractivity contribution in [3.05, 3.63) is 34.2 Å². The van der Waals surface area contributed by atoms with Crippen molar-refractivity contribution in [2.45, 2.75) is 26.3 Å². The van der Waals surface area contributed by atoms with Crippen molar-refractivity contribution in [1.29, 1.82) is 0 Å². The van der Waals surface area contributed by atoms with Gasteiger partial charge in [-0.1, -0.05) is 15.9 Å². The molecule has 17 heavy (non-hydrogen) atoms. The predicted octanol–water partition coefficient (Wildman–Crippen LogP) is 2.35. The van der Waals surface area contributed by atoms with Gasteiger partial charge in [-0.15, -0.1) is 0 Å². The zero-order chi connectivity index (χ0) is 12.3. The van der Waals surface area contributed by atoms with Crippen LogP contribution in [0.4, 0.5) is 0 Å². The summed E-state index contributed by atoms with van der Waals surface area (Å²) in [5, 5.41) is 0.920. The van der Waals surface area contributed by atoms with E-state index in [0.29, 0.717) is 0 Å². The Morgan fingerprint density at radius 3 is 2.76 bits per heavy atom. The zero-order valence-corrected chi connectivity index (χ0v) is 11.7. The van der Waals surface area contributed by atoms with Gasteiger partial charge in [0, 0.05) is 42.8 Å². The summed E-state index contributed by atoms with van der Waals surface area (Å²) >= 11 is 3.59. The van der Waals surface area contributed by atoms with Crippen LogP contribution in [-0.4, -0.2) is 23.1 Å². The number of ether oxygens (including phenoxy) is 1. The second-order valence-electron chi connectivity index (χ2n) is 4.92. The molecule has 2 heterocycles. The average molecular weight is 300 g/mol. The van der Waals surface area contributed by atoms with Crippen molar-refractivity contribution < 1.29 is 4.74 Å². The van der Waals surface area contributed by atoms with E-state index in [9.17, 15) is 4.79 Å². The van der Waals surface area contributed by atoms with Crippen LogP contribution >= 0.6 is 15.9 Å². The second-order valence-corrected chi connectivity index (χ2v) is 5.48. The Labute approximate surface area is 110 Å². The third-order valence-corrected chi connectivity index (χ3v) is 4.68. The van der Waals surface area contributed by atoms with Gasteiger partial charge in [0.2, 0.25) is 0 Å². The van der Waals surface area contributed by atoms with E-state index < -0.39 is 0 Å². The van der Waals surface area contributed by atoms with Crippen LogP contribution in [0.1, 0.15) is 18.4 Å². The fraction of sp³-hybridized carbons (Fsp3) is 0.615. The van der Waals surface area contributed by atoms with E-state index in [1.165, 1.54) is 0 Å². The molecule has 0 amide bonds. The number of pyridine rings is 1. The Balaban J connectivity index is 2.20. The molecule has 0 unspecified atom stereocenters. The minimum absolute atomic E-state index is 0.0943. The molecule has 0 radical (unpaired) electrons. The van der Waals surface area contributed by atoms with Gasteiger partial charge >= 0.3 is 0 Å². The SMILES string of the molecule is Cc1ccn(CC2(CBr)CCOCC2)c(=O)c1. The van der Waals surface area contributed by atoms with Crippen LogP contribution < -0.4 is 5.56 Å². The van der Waals surface area contributed by atoms with Crippen LogP contribution in [0, 0.1) is 12.3 Å². The molecular weight excluding hydrogens is 282 g/mol. The van der Waals surface area contributed by atoms with Gasteiger partial charge in [0.15, 0.2) is 0 Å². The Morgan fingerprint density at radius 1 is 1.47 bits per heavy atom. The van der Waals surface area contributed by atoms with Gasteiger partial charge in [0.05, 0.1) is 0 Å². The largest absolute Gasteiger partial charge is 0.381 e. The Hall–Kier alpha value is -0.610. The van der Waals surface area contributed by atoms with Crippen molar-refractivity contribution in [3.8, 4) is 0 Å². The molecule has 0 atom stereocenters. The fourth-order valence-corrected chi connectivity index (χ4v) is 2.98. The lowest BCUT2D eigenvalue weighted by atomic mass is 9.82. The number of nitrogens with zero attached hydrogens (tertiary/aromatic N) is 1. The average Bonchev–Trinajstić information content (AvgIpc) is 2.34. The zero-order valence-electron chi connectivity index (χ0n) is 10.1. The summed E-state index contributed by atoms with van der Waals surface area (Å²) < 4.78 is 7.22. The first-order chi connectivity index (χ1) is 8.15. The lowest BCUT2D eigenvalue weighted by Crippen LogP contribution is -2.38. The third kappa shape index (κ3) is 2.99. The highest BCUT2D eigenvalue weighted by Gasteiger charge is 2.32. The van der Waals surface area contributed by atoms with Gasteiger partial charge in [-0.25, -0.2) is 0 Å². The van der Waals surface area contributed by atoms with Crippen LogP contribution in [0.25, 0.3) is 0 Å². The lowest BCUT2D eigenvalue weighted by molar-refractivity contribution is 0.0181. The van der Waals surface area contributed by atoms with Crippen molar-refractivity contribution in [2.24, 2.45) is 5.41 Å². The smallest absolute Gasteiger partial charge is 0.250 e. The number of halogens is 1. The third-order valence-electron chi connectivity index (χ3n) is 3.49. The van der Waals surface area contributed by atoms with Gasteiger partial charge in [-0.2, -0.15) is 0 Å². The van der Waals surface area contributed by atoms with Gasteiger partial charge in [-0.05, 0) is 31.4 Å². The number of hydrogen-bond acceptors (Lipinski definition) is 2. The number of aryl methyl sites for hydroxylation is 1. The van der Waals surface area contributed by atoms with E-state index in [-0.39, 0.29) is 11.0 Å². The molecule has 1 saturated heterocycles. The topological polar surface area (TPSA) is 31.2 Å². The van der Waals surface area contributed by atoms with Crippen LogP contribution in [-0.2, 0) is 11.3 Å². The van der Waals surface area contributed by atoms with Gasteiger partial charge in [-0.3, -0.25) is 4.79 Å². The number of rotatable bonds is 3. The molecule has 1 fully saturated rings. The molecule has 4 heteroatoms. The monoisotopic (exact) mass is 299 g/mol. The van der Waals surface area contributed by atoms with Crippen molar-refractivity contribution in [3.63, 3.8) is 0 Å². The highest BCUT2D eigenvalue weighted by atomic mass is 79.9. The second kappa shape index (κ2) is 5.36. The molecule has 1 aromatic heterocycles. The summed E-state index contributed by atoms with van der Waals surface area (Å²) in [6.07, 6.45) is 3.93. The molecule has 1 aromatic rings. The summed E-state index contributed by atoms with van der Waals surface area (Å²) in [5.74, 6) is 0. The summed E-state index contributed by atoms with van der Waals surface area (Å²) in [7, 11) is 0. The van der Waals surface area contributed by atoms with Crippen molar-refractivity contribution in [2.75, 3.05) is 18.5 Å². The van der Waals surface area contributed by atoms with E-state index in [4.69, 9.17) is 4.74 Å². The maximum absolute atomic E-state index is 11.9. The molecule has 0 N–H and O–H groups in total. The van der Waals surface area contributed by atoms with Gasteiger partial charge in [0.1, 0.15) is 0 Å². The van der Waals surface area contributed by atoms with Crippen molar-refractivity contribution >= 4 is 15.9 Å². The predicted molar refractivity (Wildman–Crippen MR) is 71.7 cm³/mol. The van der Waals surface area contributed by atoms with Gasteiger partial charge < -0.3 is 9.30 Å². The maximum Gasteiger partial charge on any atom is 0.250 e. The molecule has 1 aliphatic rings. The fourth-order valence-electron chi connectivity index (χ4n) is 2.24. The number of hydrogen-bond donors (Lipinski definition) is 0. The summed E-state index contributed by atoms with van der Waals surface area (Å²) in [5.41, 5.74) is 1.28. The normalized spacial score (nSPS) is 19.2. The Kier molecular flexibility index (Phi) is 4.05. The molecule has 0 spiro atoms. The Bertz CT molecular complexity index is 435. The molecule has 94 valence electrons. The molecule has 0 aliphatic carbocycles. The number of alkyl halides is 1. The molecule has 3 nitrogen and oxygen atoms in total. The van der Waals surface area contributed by atoms with E-state index >= 15 is 0 Å². The highest BCUT2D eigenvalue weighted by Crippen LogP contribution is 2.33. The quantitative estimate of drug-likeness (QED) is 0.802. The van der Waals surface area contributed by atoms with E-state index in [1.807, 2.05) is 23.8 Å². The molecular formula is C13H18BrNO2. The first kappa shape index (κ1) is 12.8. The molecule has 1 aliphatic heterocycles. The van der Waals surface area contributed by atoms with E-state index in [0.717, 1.165) is 43.5 Å². The highest BCUT2D eigenvalue weighted by molar-refractivity contribution is 9.09. The lowest BCUT2D eigenvalue weighted by Gasteiger charge is -2.36. The summed E-state index contributed by atoms with van der Waals surface area (Å²) in [6.45, 7) is 4.32.